The summed E-state index contributed by atoms with van der Waals surface area (Å²) in [4.78, 5) is 21.3. The average Bonchev–Trinajstić information content (AvgIpc) is 2.74. The summed E-state index contributed by atoms with van der Waals surface area (Å²) in [5, 5.41) is 2.86. The van der Waals surface area contributed by atoms with Crippen molar-refractivity contribution in [3.8, 4) is 11.3 Å². The second-order valence-corrected chi connectivity index (χ2v) is 8.89. The average molecular weight is 438 g/mol. The Morgan fingerprint density at radius 1 is 0.833 bits per heavy atom. The fraction of sp³-hybridized carbons (Fsp3) is 0.0455. The zero-order chi connectivity index (χ0) is 21.1. The second kappa shape index (κ2) is 8.22. The number of nitrogens with zero attached hydrogens (tertiary/aromatic N) is 2. The van der Waals surface area contributed by atoms with Gasteiger partial charge in [-0.3, -0.25) is 4.79 Å². The van der Waals surface area contributed by atoms with E-state index in [2.05, 4.69) is 15.3 Å². The van der Waals surface area contributed by atoms with Crippen molar-refractivity contribution in [1.29, 1.82) is 0 Å². The summed E-state index contributed by atoms with van der Waals surface area (Å²) >= 11 is 5.83. The molecule has 0 radical (unpaired) electrons. The fourth-order valence-corrected chi connectivity index (χ4v) is 4.33. The van der Waals surface area contributed by atoms with Gasteiger partial charge in [-0.15, -0.1) is 0 Å². The smallest absolute Gasteiger partial charge is 0.240 e. The lowest BCUT2D eigenvalue weighted by Gasteiger charge is -2.11. The van der Waals surface area contributed by atoms with E-state index in [-0.39, 0.29) is 10.7 Å². The van der Waals surface area contributed by atoms with E-state index < -0.39 is 21.5 Å². The summed E-state index contributed by atoms with van der Waals surface area (Å²) in [6.45, 7) is 0. The van der Waals surface area contributed by atoms with Gasteiger partial charge < -0.3 is 5.32 Å². The van der Waals surface area contributed by atoms with Crippen molar-refractivity contribution in [3.63, 3.8) is 0 Å². The number of aromatic nitrogens is 2. The van der Waals surface area contributed by atoms with Crippen LogP contribution in [0.25, 0.3) is 22.3 Å². The quantitative estimate of drug-likeness (QED) is 0.501. The molecule has 0 spiro atoms. The van der Waals surface area contributed by atoms with E-state index in [0.717, 1.165) is 0 Å². The first-order valence-corrected chi connectivity index (χ1v) is 11.1. The van der Waals surface area contributed by atoms with Gasteiger partial charge in [0.15, 0.2) is 5.03 Å². The van der Waals surface area contributed by atoms with Crippen LogP contribution in [0.2, 0.25) is 5.02 Å². The number of nitrogens with one attached hydrogen (secondary N) is 1. The van der Waals surface area contributed by atoms with Gasteiger partial charge in [0.25, 0.3) is 0 Å². The lowest BCUT2D eigenvalue weighted by atomic mass is 10.1. The van der Waals surface area contributed by atoms with Crippen LogP contribution < -0.4 is 5.32 Å². The van der Waals surface area contributed by atoms with Crippen molar-refractivity contribution in [3.05, 3.63) is 83.9 Å². The number of benzene rings is 3. The maximum atomic E-state index is 13.1. The number of fused-ring (bicyclic) bond motifs is 1. The number of para-hydroxylation sites is 2. The van der Waals surface area contributed by atoms with Crippen molar-refractivity contribution in [1.82, 2.24) is 9.97 Å². The minimum Gasteiger partial charge on any atom is -0.325 e. The predicted molar refractivity (Wildman–Crippen MR) is 117 cm³/mol. The van der Waals surface area contributed by atoms with Crippen molar-refractivity contribution >= 4 is 44.1 Å². The molecule has 1 amide bonds. The van der Waals surface area contributed by atoms with E-state index in [4.69, 9.17) is 11.6 Å². The van der Waals surface area contributed by atoms with Gasteiger partial charge in [0.1, 0.15) is 11.4 Å². The van der Waals surface area contributed by atoms with Crippen LogP contribution in [0.15, 0.2) is 83.9 Å². The number of rotatable bonds is 5. The monoisotopic (exact) mass is 437 g/mol. The third kappa shape index (κ3) is 4.32. The highest BCUT2D eigenvalue weighted by Crippen LogP contribution is 2.27. The van der Waals surface area contributed by atoms with Crippen molar-refractivity contribution in [2.45, 2.75) is 5.03 Å². The topological polar surface area (TPSA) is 89.0 Å². The SMILES string of the molecule is O=C(CS(=O)(=O)c1nc2ccccc2nc1-c1ccccc1)Nc1ccc(Cl)cc1. The first kappa shape index (κ1) is 20.0. The van der Waals surface area contributed by atoms with E-state index in [1.807, 2.05) is 6.07 Å². The molecule has 150 valence electrons. The molecule has 0 aliphatic heterocycles. The van der Waals surface area contributed by atoms with E-state index in [1.165, 1.54) is 0 Å². The molecular weight excluding hydrogens is 422 g/mol. The molecular formula is C22H16ClN3O3S. The number of anilines is 1. The highest BCUT2D eigenvalue weighted by Gasteiger charge is 2.26. The van der Waals surface area contributed by atoms with Crippen LogP contribution in [0.5, 0.6) is 0 Å². The predicted octanol–water partition coefficient (Wildman–Crippen LogP) is 4.36. The number of hydrogen-bond donors (Lipinski definition) is 1. The number of carbonyl (C=O) groups is 1. The third-order valence-corrected chi connectivity index (χ3v) is 6.10. The van der Waals surface area contributed by atoms with Gasteiger partial charge in [-0.2, -0.15) is 0 Å². The lowest BCUT2D eigenvalue weighted by Crippen LogP contribution is -2.24. The number of amides is 1. The minimum absolute atomic E-state index is 0.216. The highest BCUT2D eigenvalue weighted by molar-refractivity contribution is 7.92. The van der Waals surface area contributed by atoms with Crippen LogP contribution >= 0.6 is 11.6 Å². The Kier molecular flexibility index (Phi) is 5.48. The van der Waals surface area contributed by atoms with Gasteiger partial charge in [0, 0.05) is 16.3 Å². The van der Waals surface area contributed by atoms with Crippen molar-refractivity contribution in [2.24, 2.45) is 0 Å². The highest BCUT2D eigenvalue weighted by atomic mass is 35.5. The molecule has 30 heavy (non-hydrogen) atoms. The van der Waals surface area contributed by atoms with E-state index >= 15 is 0 Å². The Labute approximate surface area is 178 Å². The first-order chi connectivity index (χ1) is 14.4. The standard InChI is InChI=1S/C22H16ClN3O3S/c23-16-10-12-17(13-11-16)24-20(27)14-30(28,29)22-21(15-6-2-1-3-7-15)25-18-8-4-5-9-19(18)26-22/h1-13H,14H2,(H,24,27). The maximum absolute atomic E-state index is 13.1. The first-order valence-electron chi connectivity index (χ1n) is 9.03. The minimum atomic E-state index is -4.07. The molecule has 0 aliphatic carbocycles. The number of hydrogen-bond acceptors (Lipinski definition) is 5. The molecule has 6 nitrogen and oxygen atoms in total. The summed E-state index contributed by atoms with van der Waals surface area (Å²) in [5.74, 6) is -1.44. The normalized spacial score (nSPS) is 11.4. The molecule has 0 unspecified atom stereocenters. The Hall–Kier alpha value is -3.29. The molecule has 1 aromatic heterocycles. The van der Waals surface area contributed by atoms with Gasteiger partial charge in [0.05, 0.1) is 11.0 Å². The summed E-state index contributed by atoms with van der Waals surface area (Å²) in [6.07, 6.45) is 0. The molecule has 8 heteroatoms. The Morgan fingerprint density at radius 3 is 2.10 bits per heavy atom. The summed E-state index contributed by atoms with van der Waals surface area (Å²) in [6, 6.07) is 22.3. The lowest BCUT2D eigenvalue weighted by molar-refractivity contribution is -0.113. The van der Waals surface area contributed by atoms with Crippen molar-refractivity contribution in [2.75, 3.05) is 11.1 Å². The molecule has 0 bridgehead atoms. The molecule has 3 aromatic carbocycles. The Balaban J connectivity index is 1.72. The Morgan fingerprint density at radius 2 is 1.43 bits per heavy atom. The zero-order valence-corrected chi connectivity index (χ0v) is 17.2. The van der Waals surface area contributed by atoms with Crippen LogP contribution in [0, 0.1) is 0 Å². The maximum Gasteiger partial charge on any atom is 0.240 e. The summed E-state index contributed by atoms with van der Waals surface area (Å²) in [5.41, 5.74) is 2.28. The van der Waals surface area contributed by atoms with E-state index in [0.29, 0.717) is 27.3 Å². The van der Waals surface area contributed by atoms with Gasteiger partial charge >= 0.3 is 0 Å². The van der Waals surface area contributed by atoms with Crippen LogP contribution in [0.4, 0.5) is 5.69 Å². The molecule has 0 aliphatic rings. The van der Waals surface area contributed by atoms with Crippen LogP contribution in [-0.4, -0.2) is 30.0 Å². The molecule has 0 fully saturated rings. The number of halogens is 1. The van der Waals surface area contributed by atoms with Gasteiger partial charge in [0.2, 0.25) is 15.7 Å². The fourth-order valence-electron chi connectivity index (χ4n) is 2.96. The van der Waals surface area contributed by atoms with Gasteiger partial charge in [-0.25, -0.2) is 18.4 Å². The zero-order valence-electron chi connectivity index (χ0n) is 15.6. The van der Waals surface area contributed by atoms with Crippen LogP contribution in [-0.2, 0) is 14.6 Å². The number of carbonyl (C=O) groups excluding carboxylic acids is 1. The molecule has 4 rings (SSSR count). The molecule has 1 N–H and O–H groups in total. The third-order valence-electron chi connectivity index (χ3n) is 4.33. The number of sulfone groups is 1. The largest absolute Gasteiger partial charge is 0.325 e. The van der Waals surface area contributed by atoms with Gasteiger partial charge in [-0.1, -0.05) is 54.1 Å². The molecule has 0 saturated heterocycles. The Bertz CT molecular complexity index is 1330. The summed E-state index contributed by atoms with van der Waals surface area (Å²) < 4.78 is 26.3. The summed E-state index contributed by atoms with van der Waals surface area (Å²) in [7, 11) is -4.07. The van der Waals surface area contributed by atoms with Crippen LogP contribution in [0.1, 0.15) is 0 Å². The van der Waals surface area contributed by atoms with Crippen LogP contribution in [0.3, 0.4) is 0 Å². The second-order valence-electron chi connectivity index (χ2n) is 6.55. The molecule has 1 heterocycles. The van der Waals surface area contributed by atoms with Crippen molar-refractivity contribution < 1.29 is 13.2 Å². The van der Waals surface area contributed by atoms with E-state index in [1.54, 1.807) is 72.8 Å². The molecule has 0 saturated carbocycles. The van der Waals surface area contributed by atoms with Gasteiger partial charge in [-0.05, 0) is 36.4 Å². The molecule has 0 atom stereocenters. The molecule has 4 aromatic rings. The van der Waals surface area contributed by atoms with E-state index in [9.17, 15) is 13.2 Å².